The number of rotatable bonds is 2. The molecule has 4 N–H and O–H groups in total. The van der Waals surface area contributed by atoms with Gasteiger partial charge in [0, 0.05) is 18.6 Å². The highest BCUT2D eigenvalue weighted by Crippen LogP contribution is 1.97. The Morgan fingerprint density at radius 3 is 3.09 bits per heavy atom. The minimum atomic E-state index is 0.275. The van der Waals surface area contributed by atoms with Crippen LogP contribution in [0.4, 0.5) is 0 Å². The highest BCUT2D eigenvalue weighted by molar-refractivity contribution is 7.80. The Morgan fingerprint density at radius 1 is 1.73 bits per heavy atom. The van der Waals surface area contributed by atoms with Crippen molar-refractivity contribution in [2.45, 2.75) is 0 Å². The fraction of sp³-hybridized carbons (Fsp3) is 0. The fourth-order valence-corrected chi connectivity index (χ4v) is 0.729. The molecule has 0 amide bonds. The van der Waals surface area contributed by atoms with E-state index in [1.165, 1.54) is 0 Å². The smallest absolute Gasteiger partial charge is 0.167 e. The zero-order chi connectivity index (χ0) is 8.10. The molecule has 4 heteroatoms. The number of nitrogens with two attached hydrogens (primary N) is 1. The number of hydrogen-bond donors (Lipinski definition) is 3. The van der Waals surface area contributed by atoms with Crippen molar-refractivity contribution < 1.29 is 0 Å². The van der Waals surface area contributed by atoms with Crippen LogP contribution in [-0.4, -0.2) is 10.1 Å². The van der Waals surface area contributed by atoms with Crippen LogP contribution in [0.15, 0.2) is 24.7 Å². The quantitative estimate of drug-likeness (QED) is 0.571. The molecule has 0 atom stereocenters. The van der Waals surface area contributed by atoms with Crippen LogP contribution < -0.4 is 11.1 Å². The molecule has 1 aromatic heterocycles. The van der Waals surface area contributed by atoms with Gasteiger partial charge in [0.25, 0.3) is 0 Å². The molecule has 0 radical (unpaired) electrons. The van der Waals surface area contributed by atoms with E-state index in [2.05, 4.69) is 22.5 Å². The van der Waals surface area contributed by atoms with Crippen molar-refractivity contribution >= 4 is 23.4 Å². The van der Waals surface area contributed by atoms with E-state index in [0.717, 1.165) is 5.56 Å². The standard InChI is InChI=1S/C7H9N3S/c8-7(11)10-4-2-6-1-3-9-5-6/h1-5,9H,(H3,8,10,11)/b4-2+. The number of aromatic amines is 1. The van der Waals surface area contributed by atoms with Gasteiger partial charge in [-0.3, -0.25) is 0 Å². The molecule has 0 aliphatic rings. The van der Waals surface area contributed by atoms with Crippen LogP contribution in [0.25, 0.3) is 6.08 Å². The Labute approximate surface area is 70.3 Å². The maximum absolute atomic E-state index is 5.19. The third-order valence-corrected chi connectivity index (χ3v) is 1.24. The van der Waals surface area contributed by atoms with Gasteiger partial charge in [0.1, 0.15) is 0 Å². The van der Waals surface area contributed by atoms with E-state index in [1.807, 2.05) is 24.5 Å². The Bertz CT molecular complexity index is 251. The topological polar surface area (TPSA) is 53.8 Å². The summed E-state index contributed by atoms with van der Waals surface area (Å²) in [7, 11) is 0. The van der Waals surface area contributed by atoms with Gasteiger partial charge in [-0.1, -0.05) is 0 Å². The van der Waals surface area contributed by atoms with Gasteiger partial charge in [-0.15, -0.1) is 0 Å². The van der Waals surface area contributed by atoms with Crippen LogP contribution in [0.5, 0.6) is 0 Å². The van der Waals surface area contributed by atoms with E-state index in [1.54, 1.807) is 6.20 Å². The fourth-order valence-electron chi connectivity index (χ4n) is 0.660. The van der Waals surface area contributed by atoms with Crippen LogP contribution in [-0.2, 0) is 0 Å². The summed E-state index contributed by atoms with van der Waals surface area (Å²) in [4.78, 5) is 2.92. The summed E-state index contributed by atoms with van der Waals surface area (Å²) >= 11 is 4.60. The Hall–Kier alpha value is -1.29. The lowest BCUT2D eigenvalue weighted by atomic mass is 10.3. The summed E-state index contributed by atoms with van der Waals surface area (Å²) in [5.74, 6) is 0. The second-order valence-electron chi connectivity index (χ2n) is 1.99. The molecule has 0 unspecified atom stereocenters. The average molecular weight is 167 g/mol. The van der Waals surface area contributed by atoms with Gasteiger partial charge >= 0.3 is 0 Å². The molecule has 3 nitrogen and oxygen atoms in total. The van der Waals surface area contributed by atoms with Crippen molar-refractivity contribution in [3.8, 4) is 0 Å². The third kappa shape index (κ3) is 2.86. The lowest BCUT2D eigenvalue weighted by Crippen LogP contribution is -2.23. The Morgan fingerprint density at radius 2 is 2.55 bits per heavy atom. The first kappa shape index (κ1) is 7.81. The average Bonchev–Trinajstić information content (AvgIpc) is 2.39. The lowest BCUT2D eigenvalue weighted by Gasteiger charge is -1.91. The van der Waals surface area contributed by atoms with E-state index in [0.29, 0.717) is 0 Å². The first-order chi connectivity index (χ1) is 5.29. The second-order valence-corrected chi connectivity index (χ2v) is 2.43. The van der Waals surface area contributed by atoms with Crippen LogP contribution in [0.2, 0.25) is 0 Å². The molecule has 58 valence electrons. The number of hydrogen-bond acceptors (Lipinski definition) is 1. The molecule has 0 spiro atoms. The van der Waals surface area contributed by atoms with E-state index in [-0.39, 0.29) is 5.11 Å². The van der Waals surface area contributed by atoms with Crippen LogP contribution >= 0.6 is 12.2 Å². The molecular weight excluding hydrogens is 158 g/mol. The number of aromatic nitrogens is 1. The van der Waals surface area contributed by atoms with Crippen molar-refractivity contribution in [3.05, 3.63) is 30.2 Å². The monoisotopic (exact) mass is 167 g/mol. The Balaban J connectivity index is 2.43. The van der Waals surface area contributed by atoms with E-state index < -0.39 is 0 Å². The minimum absolute atomic E-state index is 0.275. The number of H-pyrrole nitrogens is 1. The normalized spacial score (nSPS) is 10.2. The molecule has 0 aliphatic carbocycles. The van der Waals surface area contributed by atoms with Crippen molar-refractivity contribution in [2.75, 3.05) is 0 Å². The van der Waals surface area contributed by atoms with Crippen molar-refractivity contribution in [3.63, 3.8) is 0 Å². The molecule has 1 heterocycles. The largest absolute Gasteiger partial charge is 0.376 e. The molecule has 1 rings (SSSR count). The van der Waals surface area contributed by atoms with Gasteiger partial charge in [-0.05, 0) is 29.9 Å². The summed E-state index contributed by atoms with van der Waals surface area (Å²) in [5.41, 5.74) is 6.27. The molecule has 1 aromatic rings. The van der Waals surface area contributed by atoms with E-state index in [4.69, 9.17) is 5.73 Å². The van der Waals surface area contributed by atoms with Gasteiger partial charge in [-0.2, -0.15) is 0 Å². The summed E-state index contributed by atoms with van der Waals surface area (Å²) in [6.45, 7) is 0. The van der Waals surface area contributed by atoms with Gasteiger partial charge < -0.3 is 16.0 Å². The first-order valence-electron chi connectivity index (χ1n) is 3.14. The van der Waals surface area contributed by atoms with Gasteiger partial charge in [0.15, 0.2) is 5.11 Å². The van der Waals surface area contributed by atoms with Gasteiger partial charge in [0.05, 0.1) is 0 Å². The van der Waals surface area contributed by atoms with Crippen LogP contribution in [0.3, 0.4) is 0 Å². The molecule has 0 aliphatic heterocycles. The summed E-state index contributed by atoms with van der Waals surface area (Å²) in [6, 6.07) is 1.94. The highest BCUT2D eigenvalue weighted by Gasteiger charge is 1.83. The molecule has 0 aromatic carbocycles. The molecule has 11 heavy (non-hydrogen) atoms. The number of nitrogens with one attached hydrogen (secondary N) is 2. The van der Waals surface area contributed by atoms with Crippen molar-refractivity contribution in [2.24, 2.45) is 5.73 Å². The maximum atomic E-state index is 5.19. The van der Waals surface area contributed by atoms with Gasteiger partial charge in [-0.25, -0.2) is 0 Å². The van der Waals surface area contributed by atoms with Crippen molar-refractivity contribution in [1.29, 1.82) is 0 Å². The maximum Gasteiger partial charge on any atom is 0.167 e. The highest BCUT2D eigenvalue weighted by atomic mass is 32.1. The SMILES string of the molecule is NC(=S)N/C=C/c1cc[nH]c1. The summed E-state index contributed by atoms with van der Waals surface area (Å²) < 4.78 is 0. The second kappa shape index (κ2) is 3.78. The minimum Gasteiger partial charge on any atom is -0.376 e. The number of thiocarbonyl (C=S) groups is 1. The van der Waals surface area contributed by atoms with Crippen LogP contribution in [0.1, 0.15) is 5.56 Å². The molecule has 0 bridgehead atoms. The van der Waals surface area contributed by atoms with Crippen LogP contribution in [0, 0.1) is 0 Å². The predicted octanol–water partition coefficient (Wildman–Crippen LogP) is 0.819. The predicted molar refractivity (Wildman–Crippen MR) is 49.7 cm³/mol. The van der Waals surface area contributed by atoms with Crippen molar-refractivity contribution in [1.82, 2.24) is 10.3 Å². The lowest BCUT2D eigenvalue weighted by molar-refractivity contribution is 1.29. The summed E-state index contributed by atoms with van der Waals surface area (Å²) in [6.07, 6.45) is 7.29. The molecule has 0 saturated heterocycles. The molecule has 0 fully saturated rings. The summed E-state index contributed by atoms with van der Waals surface area (Å²) in [5, 5.41) is 2.97. The zero-order valence-electron chi connectivity index (χ0n) is 5.87. The Kier molecular flexibility index (Phi) is 2.68. The van der Waals surface area contributed by atoms with E-state index in [9.17, 15) is 0 Å². The van der Waals surface area contributed by atoms with Gasteiger partial charge in [0.2, 0.25) is 0 Å². The molecule has 0 saturated carbocycles. The molecular formula is C7H9N3S. The zero-order valence-corrected chi connectivity index (χ0v) is 6.69. The third-order valence-electron chi connectivity index (χ3n) is 1.12. The first-order valence-corrected chi connectivity index (χ1v) is 3.55. The van der Waals surface area contributed by atoms with E-state index >= 15 is 0 Å².